The lowest BCUT2D eigenvalue weighted by Crippen LogP contribution is -2.44. The van der Waals surface area contributed by atoms with Crippen molar-refractivity contribution < 1.29 is 13.2 Å². The van der Waals surface area contributed by atoms with Gasteiger partial charge in [-0.3, -0.25) is 4.72 Å². The molecule has 2 heterocycles. The van der Waals surface area contributed by atoms with E-state index in [2.05, 4.69) is 30.2 Å². The molecule has 0 spiro atoms. The largest absolute Gasteiger partial charge is 0.489 e. The summed E-state index contributed by atoms with van der Waals surface area (Å²) >= 11 is 0. The fourth-order valence-corrected chi connectivity index (χ4v) is 4.93. The van der Waals surface area contributed by atoms with Crippen LogP contribution < -0.4 is 25.0 Å². The van der Waals surface area contributed by atoms with Crippen molar-refractivity contribution in [2.75, 3.05) is 41.1 Å². The smallest absolute Gasteiger partial charge is 0.261 e. The Bertz CT molecular complexity index is 1410. The van der Waals surface area contributed by atoms with Gasteiger partial charge in [0.25, 0.3) is 10.0 Å². The number of rotatable bonds is 9. The highest BCUT2D eigenvalue weighted by atomic mass is 32.2. The molecule has 1 aromatic heterocycles. The predicted octanol–water partition coefficient (Wildman–Crippen LogP) is 4.01. The van der Waals surface area contributed by atoms with Gasteiger partial charge in [-0.15, -0.1) is 0 Å². The molecule has 0 saturated carbocycles. The van der Waals surface area contributed by atoms with Gasteiger partial charge in [-0.2, -0.15) is 4.98 Å². The van der Waals surface area contributed by atoms with Crippen molar-refractivity contribution in [1.82, 2.24) is 15.3 Å². The molecule has 37 heavy (non-hydrogen) atoms. The van der Waals surface area contributed by atoms with Crippen molar-refractivity contribution in [1.29, 1.82) is 0 Å². The van der Waals surface area contributed by atoms with Gasteiger partial charge in [0.15, 0.2) is 0 Å². The summed E-state index contributed by atoms with van der Waals surface area (Å²) in [6, 6.07) is 25.0. The first-order valence-corrected chi connectivity index (χ1v) is 13.5. The zero-order valence-corrected chi connectivity index (χ0v) is 21.0. The van der Waals surface area contributed by atoms with E-state index in [1.54, 1.807) is 48.7 Å². The van der Waals surface area contributed by atoms with Crippen molar-refractivity contribution in [3.63, 3.8) is 0 Å². The van der Waals surface area contributed by atoms with Crippen LogP contribution in [-0.2, 0) is 16.6 Å². The minimum Gasteiger partial charge on any atom is -0.489 e. The van der Waals surface area contributed by atoms with Gasteiger partial charge in [-0.25, -0.2) is 13.4 Å². The average molecular weight is 517 g/mol. The highest BCUT2D eigenvalue weighted by molar-refractivity contribution is 7.92. The summed E-state index contributed by atoms with van der Waals surface area (Å²) in [4.78, 5) is 11.3. The fourth-order valence-electron chi connectivity index (χ4n) is 3.87. The molecular formula is C27H28N6O3S. The molecule has 0 aliphatic carbocycles. The first-order chi connectivity index (χ1) is 18.0. The van der Waals surface area contributed by atoms with Crippen molar-refractivity contribution in [2.24, 2.45) is 0 Å². The number of benzene rings is 3. The Labute approximate surface area is 216 Å². The molecule has 190 valence electrons. The monoisotopic (exact) mass is 516 g/mol. The van der Waals surface area contributed by atoms with Crippen molar-refractivity contribution >= 4 is 33.2 Å². The molecule has 0 bridgehead atoms. The van der Waals surface area contributed by atoms with Crippen LogP contribution >= 0.6 is 0 Å². The SMILES string of the molecule is O=S(=O)(Nc1ccc(Nc2ccnc(N3CCNCC3)n2)cc1)c1ccc(OCc2ccccc2)cc1. The highest BCUT2D eigenvalue weighted by Gasteiger charge is 2.15. The average Bonchev–Trinajstić information content (AvgIpc) is 2.94. The maximum absolute atomic E-state index is 12.9. The third-order valence-corrected chi connectivity index (χ3v) is 7.23. The minimum atomic E-state index is -3.74. The third kappa shape index (κ3) is 6.54. The van der Waals surface area contributed by atoms with E-state index in [-0.39, 0.29) is 4.90 Å². The van der Waals surface area contributed by atoms with Crippen LogP contribution in [0.4, 0.5) is 23.1 Å². The van der Waals surface area contributed by atoms with Crippen molar-refractivity contribution in [3.05, 3.63) is 96.7 Å². The Balaban J connectivity index is 1.18. The quantitative estimate of drug-likeness (QED) is 0.306. The molecule has 4 aromatic rings. The summed E-state index contributed by atoms with van der Waals surface area (Å²) in [6.45, 7) is 3.95. The summed E-state index contributed by atoms with van der Waals surface area (Å²) in [6.07, 6.45) is 1.73. The Morgan fingerprint density at radius 3 is 2.30 bits per heavy atom. The van der Waals surface area contributed by atoms with E-state index in [9.17, 15) is 8.42 Å². The van der Waals surface area contributed by atoms with Gasteiger partial charge in [-0.05, 0) is 60.2 Å². The summed E-state index contributed by atoms with van der Waals surface area (Å²) in [5, 5.41) is 6.57. The molecule has 0 atom stereocenters. The molecule has 0 amide bonds. The van der Waals surface area contributed by atoms with Crippen LogP contribution in [0.3, 0.4) is 0 Å². The zero-order chi connectivity index (χ0) is 25.5. The van der Waals surface area contributed by atoms with Gasteiger partial charge < -0.3 is 20.3 Å². The van der Waals surface area contributed by atoms with Crippen molar-refractivity contribution in [2.45, 2.75) is 11.5 Å². The van der Waals surface area contributed by atoms with Crippen LogP contribution in [0, 0.1) is 0 Å². The molecule has 1 saturated heterocycles. The van der Waals surface area contributed by atoms with E-state index < -0.39 is 10.0 Å². The topological polar surface area (TPSA) is 108 Å². The van der Waals surface area contributed by atoms with Gasteiger partial charge in [0.2, 0.25) is 5.95 Å². The summed E-state index contributed by atoms with van der Waals surface area (Å²) in [5.41, 5.74) is 2.28. The highest BCUT2D eigenvalue weighted by Crippen LogP contribution is 2.23. The van der Waals surface area contributed by atoms with Gasteiger partial charge in [0, 0.05) is 43.8 Å². The maximum Gasteiger partial charge on any atom is 0.261 e. The first kappa shape index (κ1) is 24.5. The van der Waals surface area contributed by atoms with Crippen molar-refractivity contribution in [3.8, 4) is 5.75 Å². The lowest BCUT2D eigenvalue weighted by molar-refractivity contribution is 0.306. The number of anilines is 4. The van der Waals surface area contributed by atoms with Crippen LogP contribution in [0.1, 0.15) is 5.56 Å². The van der Waals surface area contributed by atoms with E-state index in [1.165, 1.54) is 12.1 Å². The number of ether oxygens (including phenoxy) is 1. The lowest BCUT2D eigenvalue weighted by Gasteiger charge is -2.27. The van der Waals surface area contributed by atoms with E-state index in [0.29, 0.717) is 29.8 Å². The maximum atomic E-state index is 12.9. The van der Waals surface area contributed by atoms with Crippen LogP contribution in [0.15, 0.2) is 96.0 Å². The van der Waals surface area contributed by atoms with Crippen LogP contribution in [0.25, 0.3) is 0 Å². The second kappa shape index (κ2) is 11.3. The minimum absolute atomic E-state index is 0.156. The Kier molecular flexibility index (Phi) is 7.48. The number of sulfonamides is 1. The Morgan fingerprint density at radius 2 is 1.57 bits per heavy atom. The number of aromatic nitrogens is 2. The van der Waals surface area contributed by atoms with Gasteiger partial charge >= 0.3 is 0 Å². The van der Waals surface area contributed by atoms with E-state index >= 15 is 0 Å². The van der Waals surface area contributed by atoms with Gasteiger partial charge in [-0.1, -0.05) is 30.3 Å². The number of piperazine rings is 1. The van der Waals surface area contributed by atoms with Gasteiger partial charge in [0.1, 0.15) is 18.2 Å². The van der Waals surface area contributed by atoms with E-state index in [4.69, 9.17) is 4.74 Å². The van der Waals surface area contributed by atoms with Crippen LogP contribution in [0.5, 0.6) is 5.75 Å². The number of nitrogens with zero attached hydrogens (tertiary/aromatic N) is 3. The molecule has 0 unspecified atom stereocenters. The zero-order valence-electron chi connectivity index (χ0n) is 20.2. The molecule has 3 aromatic carbocycles. The Morgan fingerprint density at radius 1 is 0.865 bits per heavy atom. The first-order valence-electron chi connectivity index (χ1n) is 12.0. The third-order valence-electron chi connectivity index (χ3n) is 5.83. The molecule has 9 nitrogen and oxygen atoms in total. The molecule has 1 aliphatic rings. The molecule has 3 N–H and O–H groups in total. The molecule has 0 radical (unpaired) electrons. The van der Waals surface area contributed by atoms with E-state index in [1.807, 2.05) is 30.3 Å². The summed E-state index contributed by atoms with van der Waals surface area (Å²) in [7, 11) is -3.74. The molecular weight excluding hydrogens is 488 g/mol. The summed E-state index contributed by atoms with van der Waals surface area (Å²) < 4.78 is 34.1. The van der Waals surface area contributed by atoms with Gasteiger partial charge in [0.05, 0.1) is 4.90 Å². The molecule has 10 heteroatoms. The molecule has 5 rings (SSSR count). The van der Waals surface area contributed by atoms with Crippen LogP contribution in [-0.4, -0.2) is 44.6 Å². The number of hydrogen-bond donors (Lipinski definition) is 3. The standard InChI is InChI=1S/C27H28N6O3S/c34-37(35,25-12-10-24(11-13-25)36-20-21-4-2-1-3-5-21)32-23-8-6-22(7-9-23)30-26-14-15-29-27(31-26)33-18-16-28-17-19-33/h1-15,28,32H,16-20H2,(H,29,30,31). The predicted molar refractivity (Wildman–Crippen MR) is 145 cm³/mol. The second-order valence-electron chi connectivity index (χ2n) is 8.53. The molecule has 1 aliphatic heterocycles. The normalized spacial score (nSPS) is 13.7. The lowest BCUT2D eigenvalue weighted by atomic mass is 10.2. The van der Waals surface area contributed by atoms with Crippen LogP contribution in [0.2, 0.25) is 0 Å². The second-order valence-corrected chi connectivity index (χ2v) is 10.2. The number of hydrogen-bond acceptors (Lipinski definition) is 8. The fraction of sp³-hybridized carbons (Fsp3) is 0.185. The van der Waals surface area contributed by atoms with E-state index in [0.717, 1.165) is 37.4 Å². The Hall–Kier alpha value is -4.15. The summed E-state index contributed by atoms with van der Waals surface area (Å²) in [5.74, 6) is 1.96. The molecule has 1 fully saturated rings. The number of nitrogens with one attached hydrogen (secondary N) is 3.